The summed E-state index contributed by atoms with van der Waals surface area (Å²) in [5.41, 5.74) is 1.42. The van der Waals surface area contributed by atoms with Crippen LogP contribution < -0.4 is 0 Å². The van der Waals surface area contributed by atoms with Gasteiger partial charge in [0.2, 0.25) is 10.0 Å². The van der Waals surface area contributed by atoms with Crippen LogP contribution in [-0.2, 0) is 14.8 Å². The van der Waals surface area contributed by atoms with E-state index in [1.807, 2.05) is 0 Å². The van der Waals surface area contributed by atoms with Gasteiger partial charge in [-0.05, 0) is 49.9 Å². The van der Waals surface area contributed by atoms with Crippen LogP contribution in [0, 0.1) is 13.8 Å². The van der Waals surface area contributed by atoms with Gasteiger partial charge in [0.25, 0.3) is 0 Å². The van der Waals surface area contributed by atoms with Crippen LogP contribution in [0.5, 0.6) is 0 Å². The zero-order chi connectivity index (χ0) is 15.1. The van der Waals surface area contributed by atoms with Gasteiger partial charge in [0.15, 0.2) is 0 Å². The molecule has 110 valence electrons. The van der Waals surface area contributed by atoms with Gasteiger partial charge in [0, 0.05) is 11.0 Å². The quantitative estimate of drug-likeness (QED) is 0.896. The summed E-state index contributed by atoms with van der Waals surface area (Å²) in [6.07, 6.45) is 0.938. The molecular formula is C13H16BrNO4S. The topological polar surface area (TPSA) is 74.7 Å². The first-order valence-corrected chi connectivity index (χ1v) is 8.50. The first-order valence-electron chi connectivity index (χ1n) is 6.26. The predicted molar refractivity (Wildman–Crippen MR) is 78.2 cm³/mol. The van der Waals surface area contributed by atoms with Crippen molar-refractivity contribution in [2.24, 2.45) is 0 Å². The van der Waals surface area contributed by atoms with Crippen molar-refractivity contribution < 1.29 is 18.3 Å². The molecule has 1 aliphatic heterocycles. The predicted octanol–water partition coefficient (Wildman–Crippen LogP) is 2.30. The third-order valence-electron chi connectivity index (χ3n) is 3.53. The molecule has 2 rings (SSSR count). The summed E-state index contributed by atoms with van der Waals surface area (Å²) in [5, 5.41) is 9.15. The van der Waals surface area contributed by atoms with Crippen LogP contribution in [0.3, 0.4) is 0 Å². The zero-order valence-electron chi connectivity index (χ0n) is 11.3. The smallest absolute Gasteiger partial charge is 0.322 e. The molecule has 0 aromatic heterocycles. The van der Waals surface area contributed by atoms with Crippen molar-refractivity contribution in [1.82, 2.24) is 4.31 Å². The molecular weight excluding hydrogens is 346 g/mol. The summed E-state index contributed by atoms with van der Waals surface area (Å²) < 4.78 is 27.3. The average molecular weight is 362 g/mol. The van der Waals surface area contributed by atoms with E-state index in [4.69, 9.17) is 5.11 Å². The Hall–Kier alpha value is -0.920. The summed E-state index contributed by atoms with van der Waals surface area (Å²) >= 11 is 3.36. The van der Waals surface area contributed by atoms with Gasteiger partial charge in [-0.2, -0.15) is 4.31 Å². The third kappa shape index (κ3) is 2.62. The molecule has 0 unspecified atom stereocenters. The van der Waals surface area contributed by atoms with E-state index in [9.17, 15) is 13.2 Å². The number of benzene rings is 1. The first-order chi connectivity index (χ1) is 9.25. The van der Waals surface area contributed by atoms with Crippen LogP contribution in [0.25, 0.3) is 0 Å². The molecule has 0 radical (unpaired) electrons. The van der Waals surface area contributed by atoms with Gasteiger partial charge in [0.1, 0.15) is 6.04 Å². The highest BCUT2D eigenvalue weighted by Crippen LogP contribution is 2.30. The van der Waals surface area contributed by atoms with Crippen molar-refractivity contribution in [2.45, 2.75) is 37.6 Å². The monoisotopic (exact) mass is 361 g/mol. The number of halogens is 1. The number of aryl methyl sites for hydroxylation is 2. The summed E-state index contributed by atoms with van der Waals surface area (Å²) in [6, 6.07) is 2.38. The Labute approximate surface area is 126 Å². The highest BCUT2D eigenvalue weighted by Gasteiger charge is 2.40. The zero-order valence-corrected chi connectivity index (χ0v) is 13.7. The lowest BCUT2D eigenvalue weighted by atomic mass is 10.2. The Morgan fingerprint density at radius 3 is 2.60 bits per heavy atom. The summed E-state index contributed by atoms with van der Waals surface area (Å²) in [4.78, 5) is 11.4. The molecule has 0 saturated carbocycles. The highest BCUT2D eigenvalue weighted by molar-refractivity contribution is 9.10. The van der Waals surface area contributed by atoms with Gasteiger partial charge in [-0.15, -0.1) is 0 Å². The number of nitrogens with zero attached hydrogens (tertiary/aromatic N) is 1. The van der Waals surface area contributed by atoms with E-state index in [2.05, 4.69) is 15.9 Å². The van der Waals surface area contributed by atoms with Crippen molar-refractivity contribution in [3.05, 3.63) is 27.7 Å². The molecule has 0 aliphatic carbocycles. The molecule has 1 aromatic carbocycles. The van der Waals surface area contributed by atoms with E-state index >= 15 is 0 Å². The fourth-order valence-corrected chi connectivity index (χ4v) is 4.84. The van der Waals surface area contributed by atoms with Crippen LogP contribution in [-0.4, -0.2) is 36.4 Å². The third-order valence-corrected chi connectivity index (χ3v) is 6.44. The van der Waals surface area contributed by atoms with Gasteiger partial charge in [0.05, 0.1) is 4.90 Å². The van der Waals surface area contributed by atoms with Crippen molar-refractivity contribution in [2.75, 3.05) is 6.54 Å². The fraction of sp³-hybridized carbons (Fsp3) is 0.462. The van der Waals surface area contributed by atoms with Crippen molar-refractivity contribution in [3.8, 4) is 0 Å². The van der Waals surface area contributed by atoms with E-state index in [1.54, 1.807) is 26.0 Å². The number of carbonyl (C=O) groups is 1. The van der Waals surface area contributed by atoms with Crippen LogP contribution >= 0.6 is 15.9 Å². The first kappa shape index (κ1) is 15.5. The number of carboxylic acids is 1. The van der Waals surface area contributed by atoms with E-state index in [-0.39, 0.29) is 11.4 Å². The Bertz CT molecular complexity index is 657. The van der Waals surface area contributed by atoms with Gasteiger partial charge in [-0.25, -0.2) is 8.42 Å². The molecule has 7 heteroatoms. The van der Waals surface area contributed by atoms with Crippen LogP contribution in [0.15, 0.2) is 21.5 Å². The largest absolute Gasteiger partial charge is 0.480 e. The van der Waals surface area contributed by atoms with Crippen LogP contribution in [0.2, 0.25) is 0 Å². The van der Waals surface area contributed by atoms with Gasteiger partial charge in [-0.1, -0.05) is 15.9 Å². The normalized spacial score (nSPS) is 20.2. The SMILES string of the molecule is Cc1cc(S(=O)(=O)N2CCC[C@@H]2C(=O)O)c(C)cc1Br. The van der Waals surface area contributed by atoms with E-state index in [0.29, 0.717) is 18.4 Å². The summed E-state index contributed by atoms with van der Waals surface area (Å²) in [5.74, 6) is -1.09. The lowest BCUT2D eigenvalue weighted by Gasteiger charge is -2.22. The number of carboxylic acid groups (broad SMARTS) is 1. The molecule has 1 fully saturated rings. The maximum Gasteiger partial charge on any atom is 0.322 e. The second-order valence-corrected chi connectivity index (χ2v) is 7.69. The molecule has 20 heavy (non-hydrogen) atoms. The van der Waals surface area contributed by atoms with Crippen molar-refractivity contribution >= 4 is 31.9 Å². The lowest BCUT2D eigenvalue weighted by Crippen LogP contribution is -2.40. The molecule has 1 saturated heterocycles. The molecule has 1 aromatic rings. The van der Waals surface area contributed by atoms with E-state index < -0.39 is 22.0 Å². The van der Waals surface area contributed by atoms with Gasteiger partial charge >= 0.3 is 5.97 Å². The molecule has 0 amide bonds. The number of hydrogen-bond donors (Lipinski definition) is 1. The highest BCUT2D eigenvalue weighted by atomic mass is 79.9. The molecule has 1 N–H and O–H groups in total. The van der Waals surface area contributed by atoms with Crippen molar-refractivity contribution in [3.63, 3.8) is 0 Å². The maximum atomic E-state index is 12.7. The average Bonchev–Trinajstić information content (AvgIpc) is 2.83. The molecule has 1 heterocycles. The minimum atomic E-state index is -3.77. The molecule has 0 spiro atoms. The fourth-order valence-electron chi connectivity index (χ4n) is 2.43. The number of aliphatic carboxylic acids is 1. The second kappa shape index (κ2) is 5.46. The standard InChI is InChI=1S/C13H16BrNO4S/c1-8-7-12(9(2)6-10(8)14)20(18,19)15-5-3-4-11(15)13(16)17/h6-7,11H,3-5H2,1-2H3,(H,16,17)/t11-/m1/s1. The number of rotatable bonds is 3. The summed E-state index contributed by atoms with van der Waals surface area (Å²) in [6.45, 7) is 3.78. The Balaban J connectivity index is 2.50. The van der Waals surface area contributed by atoms with Gasteiger partial charge < -0.3 is 5.11 Å². The lowest BCUT2D eigenvalue weighted by molar-refractivity contribution is -0.140. The molecule has 1 atom stereocenters. The summed E-state index contributed by atoms with van der Waals surface area (Å²) in [7, 11) is -3.77. The van der Waals surface area contributed by atoms with E-state index in [0.717, 1.165) is 14.3 Å². The maximum absolute atomic E-state index is 12.7. The van der Waals surface area contributed by atoms with Gasteiger partial charge in [-0.3, -0.25) is 4.79 Å². The Kier molecular flexibility index (Phi) is 4.22. The molecule has 5 nitrogen and oxygen atoms in total. The van der Waals surface area contributed by atoms with E-state index in [1.165, 1.54) is 0 Å². The number of sulfonamides is 1. The second-order valence-electron chi connectivity index (χ2n) is 4.98. The Morgan fingerprint density at radius 2 is 2.00 bits per heavy atom. The minimum absolute atomic E-state index is 0.186. The van der Waals surface area contributed by atoms with Crippen molar-refractivity contribution in [1.29, 1.82) is 0 Å². The molecule has 0 bridgehead atoms. The Morgan fingerprint density at radius 1 is 1.35 bits per heavy atom. The van der Waals surface area contributed by atoms with Crippen LogP contribution in [0.4, 0.5) is 0 Å². The minimum Gasteiger partial charge on any atom is -0.480 e. The number of hydrogen-bond acceptors (Lipinski definition) is 3. The van der Waals surface area contributed by atoms with Crippen LogP contribution in [0.1, 0.15) is 24.0 Å². The molecule has 1 aliphatic rings.